The number of carbonyl (C=O) groups excluding carboxylic acids is 2. The van der Waals surface area contributed by atoms with E-state index in [4.69, 9.17) is 15.9 Å². The van der Waals surface area contributed by atoms with Crippen molar-refractivity contribution in [3.63, 3.8) is 0 Å². The number of rotatable bonds is 9. The number of hydrogen-bond donors (Lipinski definition) is 2. The van der Waals surface area contributed by atoms with Crippen LogP contribution in [0.2, 0.25) is 0 Å². The predicted octanol–water partition coefficient (Wildman–Crippen LogP) is 3.96. The summed E-state index contributed by atoms with van der Waals surface area (Å²) in [5.74, 6) is 2.75. The molecule has 0 radical (unpaired) electrons. The second-order valence-corrected chi connectivity index (χ2v) is 7.54. The van der Waals surface area contributed by atoms with Gasteiger partial charge in [0.1, 0.15) is 6.61 Å². The van der Waals surface area contributed by atoms with Crippen molar-refractivity contribution in [2.45, 2.75) is 26.7 Å². The second kappa shape index (κ2) is 11.8. The van der Waals surface area contributed by atoms with Gasteiger partial charge in [-0.05, 0) is 64.7 Å². The molecule has 162 valence electrons. The predicted molar refractivity (Wildman–Crippen MR) is 125 cm³/mol. The van der Waals surface area contributed by atoms with Crippen LogP contribution in [0.25, 0.3) is 0 Å². The largest absolute Gasteiger partial charge is 0.493 e. The van der Waals surface area contributed by atoms with E-state index < -0.39 is 0 Å². The maximum Gasteiger partial charge on any atom is 0.240 e. The first-order valence-corrected chi connectivity index (χ1v) is 10.3. The SMILES string of the molecule is C#CCOc1c(Br)cc(C=NNC(=O)CCC(=O)Nc2cc(C)ccc2C)cc1OC. The highest BCUT2D eigenvalue weighted by Gasteiger charge is 2.11. The summed E-state index contributed by atoms with van der Waals surface area (Å²) in [4.78, 5) is 24.1. The number of ether oxygens (including phenoxy) is 2. The lowest BCUT2D eigenvalue weighted by Crippen LogP contribution is -2.21. The van der Waals surface area contributed by atoms with Crippen LogP contribution in [-0.2, 0) is 9.59 Å². The number of hydrogen-bond acceptors (Lipinski definition) is 5. The van der Waals surface area contributed by atoms with E-state index in [1.54, 1.807) is 12.1 Å². The number of amides is 2. The molecule has 2 aromatic rings. The highest BCUT2D eigenvalue weighted by Crippen LogP contribution is 2.36. The molecule has 31 heavy (non-hydrogen) atoms. The first-order valence-electron chi connectivity index (χ1n) is 9.46. The molecule has 0 spiro atoms. The topological polar surface area (TPSA) is 89.0 Å². The third kappa shape index (κ3) is 7.46. The molecule has 0 unspecified atom stereocenters. The van der Waals surface area contributed by atoms with Crippen molar-refractivity contribution < 1.29 is 19.1 Å². The van der Waals surface area contributed by atoms with Crippen LogP contribution in [-0.4, -0.2) is 31.7 Å². The van der Waals surface area contributed by atoms with Gasteiger partial charge < -0.3 is 14.8 Å². The van der Waals surface area contributed by atoms with E-state index in [-0.39, 0.29) is 31.3 Å². The summed E-state index contributed by atoms with van der Waals surface area (Å²) < 4.78 is 11.4. The molecule has 2 rings (SSSR count). The van der Waals surface area contributed by atoms with E-state index in [2.05, 4.69) is 37.7 Å². The lowest BCUT2D eigenvalue weighted by Gasteiger charge is -2.11. The minimum absolute atomic E-state index is 0.0138. The number of nitrogens with zero attached hydrogens (tertiary/aromatic N) is 1. The fourth-order valence-corrected chi connectivity index (χ4v) is 3.19. The maximum absolute atomic E-state index is 12.1. The molecule has 0 atom stereocenters. The fraction of sp³-hybridized carbons (Fsp3) is 0.261. The van der Waals surface area contributed by atoms with E-state index in [0.29, 0.717) is 21.5 Å². The Hall–Kier alpha value is -3.31. The number of halogens is 1. The Bertz CT molecular complexity index is 1030. The Morgan fingerprint density at radius 3 is 2.65 bits per heavy atom. The van der Waals surface area contributed by atoms with Crippen molar-refractivity contribution in [1.29, 1.82) is 0 Å². The van der Waals surface area contributed by atoms with E-state index in [1.807, 2.05) is 32.0 Å². The van der Waals surface area contributed by atoms with Gasteiger partial charge in [0, 0.05) is 18.5 Å². The molecular weight excluding hydrogens is 462 g/mol. The monoisotopic (exact) mass is 485 g/mol. The number of carbonyl (C=O) groups is 2. The van der Waals surface area contributed by atoms with Crippen LogP contribution in [0, 0.1) is 26.2 Å². The maximum atomic E-state index is 12.1. The van der Waals surface area contributed by atoms with Crippen molar-refractivity contribution in [1.82, 2.24) is 5.43 Å². The van der Waals surface area contributed by atoms with Gasteiger partial charge in [-0.25, -0.2) is 5.43 Å². The number of hydrazone groups is 1. The van der Waals surface area contributed by atoms with Crippen LogP contribution >= 0.6 is 15.9 Å². The lowest BCUT2D eigenvalue weighted by molar-refractivity contribution is -0.124. The summed E-state index contributed by atoms with van der Waals surface area (Å²) in [6.45, 7) is 3.97. The van der Waals surface area contributed by atoms with Gasteiger partial charge in [0.15, 0.2) is 11.5 Å². The molecule has 0 saturated carbocycles. The Kier molecular flexibility index (Phi) is 9.10. The highest BCUT2D eigenvalue weighted by atomic mass is 79.9. The molecule has 8 heteroatoms. The first-order chi connectivity index (χ1) is 14.8. The zero-order valence-electron chi connectivity index (χ0n) is 17.6. The van der Waals surface area contributed by atoms with Gasteiger partial charge in [0.2, 0.25) is 11.8 Å². The van der Waals surface area contributed by atoms with Crippen molar-refractivity contribution >= 4 is 39.6 Å². The Balaban J connectivity index is 1.88. The molecule has 0 aromatic heterocycles. The van der Waals surface area contributed by atoms with E-state index in [1.165, 1.54) is 13.3 Å². The van der Waals surface area contributed by atoms with E-state index in [9.17, 15) is 9.59 Å². The zero-order chi connectivity index (χ0) is 22.8. The van der Waals surface area contributed by atoms with Gasteiger partial charge in [-0.15, -0.1) is 6.42 Å². The highest BCUT2D eigenvalue weighted by molar-refractivity contribution is 9.10. The van der Waals surface area contributed by atoms with Crippen molar-refractivity contribution in [3.8, 4) is 23.8 Å². The quantitative estimate of drug-likeness (QED) is 0.319. The molecule has 0 aliphatic carbocycles. The molecule has 0 aliphatic rings. The molecule has 7 nitrogen and oxygen atoms in total. The molecule has 2 aromatic carbocycles. The van der Waals surface area contributed by atoms with E-state index >= 15 is 0 Å². The van der Waals surface area contributed by atoms with Crippen molar-refractivity contribution in [2.75, 3.05) is 19.0 Å². The van der Waals surface area contributed by atoms with E-state index in [0.717, 1.165) is 16.8 Å². The molecule has 2 N–H and O–H groups in total. The van der Waals surface area contributed by atoms with Crippen LogP contribution < -0.4 is 20.2 Å². The van der Waals surface area contributed by atoms with Crippen LogP contribution in [0.15, 0.2) is 39.9 Å². The van der Waals surface area contributed by atoms with Crippen LogP contribution in [0.3, 0.4) is 0 Å². The number of aryl methyl sites for hydroxylation is 2. The standard InChI is InChI=1S/C23H24BrN3O4/c1-5-10-31-23-18(24)12-17(13-20(23)30-4)14-25-27-22(29)9-8-21(28)26-19-11-15(2)6-7-16(19)3/h1,6-7,11-14H,8-10H2,2-4H3,(H,26,28)(H,27,29). The van der Waals surface area contributed by atoms with Crippen molar-refractivity contribution in [3.05, 3.63) is 51.5 Å². The van der Waals surface area contributed by atoms with Crippen LogP contribution in [0.5, 0.6) is 11.5 Å². The summed E-state index contributed by atoms with van der Waals surface area (Å²) >= 11 is 3.40. The average Bonchev–Trinajstić information content (AvgIpc) is 2.73. The molecule has 0 saturated heterocycles. The number of terminal acetylenes is 1. The van der Waals surface area contributed by atoms with Gasteiger partial charge >= 0.3 is 0 Å². The van der Waals surface area contributed by atoms with Gasteiger partial charge in [0.05, 0.1) is 17.8 Å². The van der Waals surface area contributed by atoms with Gasteiger partial charge in [-0.1, -0.05) is 18.1 Å². The third-order valence-corrected chi connectivity index (χ3v) is 4.79. The number of methoxy groups -OCH3 is 1. The Labute approximate surface area is 190 Å². The second-order valence-electron chi connectivity index (χ2n) is 6.69. The molecule has 0 aliphatic heterocycles. The molecule has 0 heterocycles. The normalized spacial score (nSPS) is 10.4. The molecule has 0 bridgehead atoms. The van der Waals surface area contributed by atoms with Gasteiger partial charge in [0.25, 0.3) is 0 Å². The smallest absolute Gasteiger partial charge is 0.240 e. The third-order valence-electron chi connectivity index (χ3n) is 4.20. The summed E-state index contributed by atoms with van der Waals surface area (Å²) in [6.07, 6.45) is 6.75. The minimum Gasteiger partial charge on any atom is -0.493 e. The number of nitrogens with one attached hydrogen (secondary N) is 2. The molecule has 0 fully saturated rings. The zero-order valence-corrected chi connectivity index (χ0v) is 19.2. The summed E-state index contributed by atoms with van der Waals surface area (Å²) in [6, 6.07) is 9.26. The van der Waals surface area contributed by atoms with Gasteiger partial charge in [-0.2, -0.15) is 5.10 Å². The molecule has 2 amide bonds. The fourth-order valence-electron chi connectivity index (χ4n) is 2.61. The first kappa shape index (κ1) is 24.0. The number of anilines is 1. The van der Waals surface area contributed by atoms with Crippen LogP contribution in [0.1, 0.15) is 29.5 Å². The average molecular weight is 486 g/mol. The lowest BCUT2D eigenvalue weighted by atomic mass is 10.1. The Morgan fingerprint density at radius 2 is 1.94 bits per heavy atom. The summed E-state index contributed by atoms with van der Waals surface area (Å²) in [5, 5.41) is 6.76. The Morgan fingerprint density at radius 1 is 1.19 bits per heavy atom. The van der Waals surface area contributed by atoms with Crippen molar-refractivity contribution in [2.24, 2.45) is 5.10 Å². The number of benzene rings is 2. The molecular formula is C23H24BrN3O4. The van der Waals surface area contributed by atoms with Crippen LogP contribution in [0.4, 0.5) is 5.69 Å². The minimum atomic E-state index is -0.368. The van der Waals surface area contributed by atoms with Gasteiger partial charge in [-0.3, -0.25) is 9.59 Å². The summed E-state index contributed by atoms with van der Waals surface area (Å²) in [5.41, 5.74) is 5.84. The summed E-state index contributed by atoms with van der Waals surface area (Å²) in [7, 11) is 1.51.